The molecule has 3 rings (SSSR count). The number of amides is 2. The number of carbonyl (C=O) groups excluding carboxylic acids is 2. The molecule has 0 aliphatic carbocycles. The molecule has 2 heterocycles. The topological polar surface area (TPSA) is 53.1 Å². The predicted molar refractivity (Wildman–Crippen MR) is 114 cm³/mol. The average molecular weight is 400 g/mol. The molecule has 2 aliphatic heterocycles. The van der Waals surface area contributed by atoms with Gasteiger partial charge < -0.3 is 14.5 Å². The van der Waals surface area contributed by atoms with E-state index >= 15 is 0 Å². The first-order chi connectivity index (χ1) is 14.0. The summed E-state index contributed by atoms with van der Waals surface area (Å²) in [6.07, 6.45) is 3.74. The summed E-state index contributed by atoms with van der Waals surface area (Å²) in [6, 6.07) is 7.77. The fraction of sp³-hybridized carbons (Fsp3) is 0.565. The van der Waals surface area contributed by atoms with Crippen molar-refractivity contribution in [3.05, 3.63) is 35.5 Å². The molecule has 6 nitrogen and oxygen atoms in total. The molecule has 0 spiro atoms. The monoisotopic (exact) mass is 399 g/mol. The fourth-order valence-electron chi connectivity index (χ4n) is 4.12. The van der Waals surface area contributed by atoms with Gasteiger partial charge in [-0.3, -0.25) is 14.5 Å². The molecule has 0 atom stereocenters. The highest BCUT2D eigenvalue weighted by Crippen LogP contribution is 2.34. The first-order valence-electron chi connectivity index (χ1n) is 10.7. The summed E-state index contributed by atoms with van der Waals surface area (Å²) in [5.74, 6) is 0.429. The lowest BCUT2D eigenvalue weighted by Crippen LogP contribution is -2.43. The second-order valence-electron chi connectivity index (χ2n) is 7.94. The van der Waals surface area contributed by atoms with Crippen molar-refractivity contribution in [3.8, 4) is 5.75 Å². The Morgan fingerprint density at radius 2 is 1.72 bits per heavy atom. The van der Waals surface area contributed by atoms with Gasteiger partial charge in [0.2, 0.25) is 0 Å². The molecule has 158 valence electrons. The Morgan fingerprint density at radius 3 is 2.31 bits per heavy atom. The van der Waals surface area contributed by atoms with Gasteiger partial charge in [-0.2, -0.15) is 0 Å². The number of benzene rings is 1. The highest BCUT2D eigenvalue weighted by molar-refractivity contribution is 6.35. The van der Waals surface area contributed by atoms with E-state index in [-0.39, 0.29) is 17.9 Å². The van der Waals surface area contributed by atoms with Gasteiger partial charge in [0, 0.05) is 19.6 Å². The van der Waals surface area contributed by atoms with Crippen molar-refractivity contribution >= 4 is 17.4 Å². The third kappa shape index (κ3) is 4.47. The minimum absolute atomic E-state index is 0.159. The number of hydrogen-bond acceptors (Lipinski definition) is 5. The number of carbonyl (C=O) groups is 2. The van der Waals surface area contributed by atoms with Gasteiger partial charge in [0.05, 0.1) is 12.2 Å². The van der Waals surface area contributed by atoms with E-state index in [2.05, 4.69) is 23.8 Å². The number of imide groups is 1. The summed E-state index contributed by atoms with van der Waals surface area (Å²) in [6.45, 7) is 7.08. The smallest absolute Gasteiger partial charge is 0.277 e. The SMILES string of the molecule is CCCCN1C(=O)C(c2ccc(OCC)cc2)=C(N(C)C2CCN(C)CC2)C1=O. The number of unbranched alkanes of at least 4 members (excludes halogenated alkanes) is 1. The molecule has 1 aromatic carbocycles. The van der Waals surface area contributed by atoms with Crippen LogP contribution in [0.5, 0.6) is 5.75 Å². The molecule has 0 bridgehead atoms. The van der Waals surface area contributed by atoms with Crippen LogP contribution < -0.4 is 4.74 Å². The minimum atomic E-state index is -0.178. The van der Waals surface area contributed by atoms with Crippen LogP contribution in [0.3, 0.4) is 0 Å². The zero-order chi connectivity index (χ0) is 21.0. The van der Waals surface area contributed by atoms with Crippen molar-refractivity contribution in [1.29, 1.82) is 0 Å². The van der Waals surface area contributed by atoms with E-state index < -0.39 is 0 Å². The van der Waals surface area contributed by atoms with Gasteiger partial charge in [-0.1, -0.05) is 25.5 Å². The highest BCUT2D eigenvalue weighted by atomic mass is 16.5. The van der Waals surface area contributed by atoms with Gasteiger partial charge >= 0.3 is 0 Å². The Bertz CT molecular complexity index is 764. The minimum Gasteiger partial charge on any atom is -0.494 e. The normalized spacial score (nSPS) is 18.7. The van der Waals surface area contributed by atoms with Gasteiger partial charge in [0.15, 0.2) is 0 Å². The van der Waals surface area contributed by atoms with Crippen molar-refractivity contribution in [3.63, 3.8) is 0 Å². The fourth-order valence-corrected chi connectivity index (χ4v) is 4.12. The summed E-state index contributed by atoms with van der Waals surface area (Å²) in [4.78, 5) is 32.4. The van der Waals surface area contributed by atoms with Gasteiger partial charge in [0.1, 0.15) is 11.4 Å². The van der Waals surface area contributed by atoms with Crippen LogP contribution in [0.2, 0.25) is 0 Å². The van der Waals surface area contributed by atoms with Crippen molar-refractivity contribution in [1.82, 2.24) is 14.7 Å². The van der Waals surface area contributed by atoms with Gasteiger partial charge in [-0.25, -0.2) is 0 Å². The lowest BCUT2D eigenvalue weighted by atomic mass is 10.00. The maximum absolute atomic E-state index is 13.3. The van der Waals surface area contributed by atoms with E-state index in [1.54, 1.807) is 0 Å². The lowest BCUT2D eigenvalue weighted by molar-refractivity contribution is -0.137. The standard InChI is InChI=1S/C23H33N3O3/c1-5-7-14-26-22(27)20(17-8-10-19(11-9-17)29-6-2)21(23(26)28)25(4)18-12-15-24(3)16-13-18/h8-11,18H,5-7,12-16H2,1-4H3. The van der Waals surface area contributed by atoms with Crippen molar-refractivity contribution in [2.45, 2.75) is 45.6 Å². The zero-order valence-corrected chi connectivity index (χ0v) is 18.1. The summed E-state index contributed by atoms with van der Waals surface area (Å²) in [5, 5.41) is 0. The number of likely N-dealkylation sites (N-methyl/N-ethyl adjacent to an activating group) is 1. The Kier molecular flexibility index (Phi) is 6.96. The molecule has 0 saturated carbocycles. The van der Waals surface area contributed by atoms with E-state index in [9.17, 15) is 9.59 Å². The Hall–Kier alpha value is -2.34. The number of likely N-dealkylation sites (tertiary alicyclic amines) is 1. The number of piperidine rings is 1. The number of rotatable bonds is 8. The molecule has 1 fully saturated rings. The number of hydrogen-bond donors (Lipinski definition) is 0. The number of ether oxygens (including phenoxy) is 1. The molecule has 0 unspecified atom stereocenters. The Balaban J connectivity index is 1.96. The number of nitrogens with zero attached hydrogens (tertiary/aromatic N) is 3. The van der Waals surface area contributed by atoms with Gasteiger partial charge in [0.25, 0.3) is 11.8 Å². The third-order valence-corrected chi connectivity index (χ3v) is 5.92. The first kappa shape index (κ1) is 21.4. The predicted octanol–water partition coefficient (Wildman–Crippen LogP) is 2.99. The van der Waals surface area contributed by atoms with Crippen LogP contribution in [0.15, 0.2) is 30.0 Å². The van der Waals surface area contributed by atoms with Crippen LogP contribution in [0.1, 0.15) is 45.1 Å². The molecule has 2 aliphatic rings. The Morgan fingerprint density at radius 1 is 1.07 bits per heavy atom. The van der Waals surface area contributed by atoms with Crippen molar-refractivity contribution in [2.24, 2.45) is 0 Å². The second-order valence-corrected chi connectivity index (χ2v) is 7.94. The summed E-state index contributed by atoms with van der Waals surface area (Å²) >= 11 is 0. The van der Waals surface area contributed by atoms with Crippen LogP contribution in [0.4, 0.5) is 0 Å². The van der Waals surface area contributed by atoms with Gasteiger partial charge in [-0.05, 0) is 64.0 Å². The third-order valence-electron chi connectivity index (χ3n) is 5.92. The van der Waals surface area contributed by atoms with Crippen molar-refractivity contribution < 1.29 is 14.3 Å². The quantitative estimate of drug-likeness (QED) is 0.629. The van der Waals surface area contributed by atoms with E-state index in [4.69, 9.17) is 4.74 Å². The molecule has 0 aromatic heterocycles. The highest BCUT2D eigenvalue weighted by Gasteiger charge is 2.42. The van der Waals surface area contributed by atoms with E-state index in [0.29, 0.717) is 24.4 Å². The van der Waals surface area contributed by atoms with E-state index in [1.807, 2.05) is 38.2 Å². The largest absolute Gasteiger partial charge is 0.494 e. The summed E-state index contributed by atoms with van der Waals surface area (Å²) in [7, 11) is 4.09. The molecule has 29 heavy (non-hydrogen) atoms. The van der Waals surface area contributed by atoms with E-state index in [0.717, 1.165) is 50.1 Å². The molecular weight excluding hydrogens is 366 g/mol. The van der Waals surface area contributed by atoms with Crippen LogP contribution in [-0.2, 0) is 9.59 Å². The van der Waals surface area contributed by atoms with Crippen molar-refractivity contribution in [2.75, 3.05) is 40.3 Å². The first-order valence-corrected chi connectivity index (χ1v) is 10.7. The zero-order valence-electron chi connectivity index (χ0n) is 18.1. The molecule has 0 N–H and O–H groups in total. The average Bonchev–Trinajstić information content (AvgIpc) is 2.97. The lowest BCUT2D eigenvalue weighted by Gasteiger charge is -2.36. The molecule has 6 heteroatoms. The molecule has 0 radical (unpaired) electrons. The van der Waals surface area contributed by atoms with Crippen LogP contribution in [0, 0.1) is 0 Å². The molecule has 1 saturated heterocycles. The molecule has 1 aromatic rings. The summed E-state index contributed by atoms with van der Waals surface area (Å²) in [5.41, 5.74) is 1.85. The van der Waals surface area contributed by atoms with Crippen LogP contribution >= 0.6 is 0 Å². The second kappa shape index (κ2) is 9.44. The van der Waals surface area contributed by atoms with E-state index in [1.165, 1.54) is 4.90 Å². The molecule has 2 amide bonds. The maximum Gasteiger partial charge on any atom is 0.277 e. The van der Waals surface area contributed by atoms with Crippen LogP contribution in [-0.4, -0.2) is 72.9 Å². The van der Waals surface area contributed by atoms with Crippen LogP contribution in [0.25, 0.3) is 5.57 Å². The Labute approximate surface area is 174 Å². The maximum atomic E-state index is 13.3. The summed E-state index contributed by atoms with van der Waals surface area (Å²) < 4.78 is 5.53. The molecular formula is C23H33N3O3. The van der Waals surface area contributed by atoms with Gasteiger partial charge in [-0.15, -0.1) is 0 Å².